The highest BCUT2D eigenvalue weighted by molar-refractivity contribution is 5.80. The topological polar surface area (TPSA) is 47.6 Å². The molecular weight excluding hydrogens is 302 g/mol. The van der Waals surface area contributed by atoms with E-state index in [1.807, 2.05) is 12.1 Å². The lowest BCUT2D eigenvalue weighted by Crippen LogP contribution is -2.36. The summed E-state index contributed by atoms with van der Waals surface area (Å²) in [5.41, 5.74) is 2.55. The average molecular weight is 327 g/mol. The van der Waals surface area contributed by atoms with Crippen molar-refractivity contribution in [1.29, 1.82) is 0 Å². The summed E-state index contributed by atoms with van der Waals surface area (Å²) in [6.07, 6.45) is 1.33. The molecule has 0 radical (unpaired) electrons. The van der Waals surface area contributed by atoms with Crippen molar-refractivity contribution < 1.29 is 14.3 Å². The fourth-order valence-corrected chi connectivity index (χ4v) is 2.31. The number of hydrogen-bond donors (Lipinski definition) is 1. The van der Waals surface area contributed by atoms with Crippen molar-refractivity contribution in [3.05, 3.63) is 59.7 Å². The van der Waals surface area contributed by atoms with Crippen molar-refractivity contribution in [3.8, 4) is 11.5 Å². The predicted molar refractivity (Wildman–Crippen MR) is 95.6 cm³/mol. The molecule has 2 rings (SSSR count). The van der Waals surface area contributed by atoms with E-state index in [1.54, 1.807) is 26.2 Å². The van der Waals surface area contributed by atoms with E-state index in [1.165, 1.54) is 11.1 Å². The summed E-state index contributed by atoms with van der Waals surface area (Å²) < 4.78 is 10.7. The van der Waals surface area contributed by atoms with Crippen LogP contribution >= 0.6 is 0 Å². The fourth-order valence-electron chi connectivity index (χ4n) is 2.31. The van der Waals surface area contributed by atoms with Gasteiger partial charge in [-0.15, -0.1) is 0 Å². The molecule has 0 aliphatic rings. The number of carbonyl (C=O) groups excluding carboxylic acids is 1. The molecule has 0 aromatic heterocycles. The Hall–Kier alpha value is -2.49. The molecule has 0 saturated carbocycles. The molecule has 0 saturated heterocycles. The summed E-state index contributed by atoms with van der Waals surface area (Å²) in [4.78, 5) is 12.1. The van der Waals surface area contributed by atoms with Crippen LogP contribution in [0.1, 0.15) is 24.5 Å². The van der Waals surface area contributed by atoms with Crippen LogP contribution in [0.2, 0.25) is 0 Å². The van der Waals surface area contributed by atoms with Gasteiger partial charge in [0.15, 0.2) is 6.10 Å². The van der Waals surface area contributed by atoms with Crippen LogP contribution in [0.25, 0.3) is 0 Å². The van der Waals surface area contributed by atoms with Gasteiger partial charge in [-0.05, 0) is 56.5 Å². The van der Waals surface area contributed by atoms with E-state index in [-0.39, 0.29) is 5.91 Å². The predicted octanol–water partition coefficient (Wildman–Crippen LogP) is 3.52. The number of benzene rings is 2. The van der Waals surface area contributed by atoms with Crippen LogP contribution in [0.5, 0.6) is 11.5 Å². The molecule has 0 aliphatic heterocycles. The molecule has 2 aromatic rings. The van der Waals surface area contributed by atoms with Gasteiger partial charge in [0.25, 0.3) is 5.91 Å². The zero-order valence-corrected chi connectivity index (χ0v) is 14.5. The second-order valence-corrected chi connectivity index (χ2v) is 5.82. The molecule has 0 heterocycles. The lowest BCUT2D eigenvalue weighted by Gasteiger charge is -2.15. The van der Waals surface area contributed by atoms with Gasteiger partial charge in [0, 0.05) is 6.54 Å². The Morgan fingerprint density at radius 2 is 1.67 bits per heavy atom. The second kappa shape index (κ2) is 8.96. The van der Waals surface area contributed by atoms with E-state index >= 15 is 0 Å². The van der Waals surface area contributed by atoms with E-state index in [0.717, 1.165) is 18.6 Å². The van der Waals surface area contributed by atoms with E-state index in [0.29, 0.717) is 12.3 Å². The van der Waals surface area contributed by atoms with Gasteiger partial charge >= 0.3 is 0 Å². The number of ether oxygens (including phenoxy) is 2. The summed E-state index contributed by atoms with van der Waals surface area (Å²) in [5, 5.41) is 2.92. The van der Waals surface area contributed by atoms with Crippen LogP contribution in [0.15, 0.2) is 48.5 Å². The number of nitrogens with one attached hydrogen (secondary N) is 1. The monoisotopic (exact) mass is 327 g/mol. The summed E-state index contributed by atoms with van der Waals surface area (Å²) >= 11 is 0. The maximum absolute atomic E-state index is 12.1. The third kappa shape index (κ3) is 5.61. The van der Waals surface area contributed by atoms with Gasteiger partial charge in [-0.25, -0.2) is 0 Å². The molecule has 0 fully saturated rings. The number of aryl methyl sites for hydroxylation is 2. The summed E-state index contributed by atoms with van der Waals surface area (Å²) in [7, 11) is 1.61. The molecule has 4 nitrogen and oxygen atoms in total. The molecular formula is C20H25NO3. The van der Waals surface area contributed by atoms with Crippen LogP contribution in [0.4, 0.5) is 0 Å². The lowest BCUT2D eigenvalue weighted by molar-refractivity contribution is -0.127. The number of methoxy groups -OCH3 is 1. The van der Waals surface area contributed by atoms with Crippen LogP contribution in [0.3, 0.4) is 0 Å². The van der Waals surface area contributed by atoms with Crippen molar-refractivity contribution in [1.82, 2.24) is 5.32 Å². The molecule has 4 heteroatoms. The van der Waals surface area contributed by atoms with E-state index in [9.17, 15) is 4.79 Å². The van der Waals surface area contributed by atoms with Gasteiger partial charge in [-0.3, -0.25) is 4.79 Å². The molecule has 1 atom stereocenters. The maximum Gasteiger partial charge on any atom is 0.260 e. The summed E-state index contributed by atoms with van der Waals surface area (Å²) in [6.45, 7) is 4.47. The quantitative estimate of drug-likeness (QED) is 0.755. The van der Waals surface area contributed by atoms with E-state index < -0.39 is 6.10 Å². The minimum atomic E-state index is -0.530. The zero-order valence-electron chi connectivity index (χ0n) is 14.5. The first kappa shape index (κ1) is 17.9. The average Bonchev–Trinajstić information content (AvgIpc) is 2.60. The number of carbonyl (C=O) groups is 1. The minimum absolute atomic E-state index is 0.102. The summed E-state index contributed by atoms with van der Waals surface area (Å²) in [5.74, 6) is 1.31. The third-order valence-electron chi connectivity index (χ3n) is 3.80. The highest BCUT2D eigenvalue weighted by Gasteiger charge is 2.13. The van der Waals surface area contributed by atoms with Crippen LogP contribution < -0.4 is 14.8 Å². The van der Waals surface area contributed by atoms with E-state index in [4.69, 9.17) is 9.47 Å². The number of hydrogen-bond acceptors (Lipinski definition) is 3. The van der Waals surface area contributed by atoms with Crippen molar-refractivity contribution in [2.45, 2.75) is 32.8 Å². The Balaban J connectivity index is 1.70. The molecule has 0 aliphatic carbocycles. The first-order chi connectivity index (χ1) is 11.6. The number of rotatable bonds is 8. The Morgan fingerprint density at radius 3 is 2.29 bits per heavy atom. The highest BCUT2D eigenvalue weighted by Crippen LogP contribution is 2.18. The Bertz CT molecular complexity index is 635. The lowest BCUT2D eigenvalue weighted by atomic mass is 10.1. The SMILES string of the molecule is COc1ccc(OC(C)C(=O)NCCCc2ccc(C)cc2)cc1. The normalized spacial score (nSPS) is 11.6. The van der Waals surface area contributed by atoms with Crippen molar-refractivity contribution >= 4 is 5.91 Å². The molecule has 1 unspecified atom stereocenters. The van der Waals surface area contributed by atoms with Crippen molar-refractivity contribution in [2.24, 2.45) is 0 Å². The molecule has 24 heavy (non-hydrogen) atoms. The first-order valence-corrected chi connectivity index (χ1v) is 8.22. The molecule has 2 aromatic carbocycles. The Kier molecular flexibility index (Phi) is 6.67. The smallest absolute Gasteiger partial charge is 0.260 e. The van der Waals surface area contributed by atoms with Gasteiger partial charge in [0.05, 0.1) is 7.11 Å². The van der Waals surface area contributed by atoms with Crippen LogP contribution in [0, 0.1) is 6.92 Å². The highest BCUT2D eigenvalue weighted by atomic mass is 16.5. The van der Waals surface area contributed by atoms with Gasteiger partial charge in [0.1, 0.15) is 11.5 Å². The Labute approximate surface area is 143 Å². The summed E-state index contributed by atoms with van der Waals surface area (Å²) in [6, 6.07) is 15.7. The number of amides is 1. The van der Waals surface area contributed by atoms with Crippen LogP contribution in [-0.4, -0.2) is 25.7 Å². The molecule has 1 amide bonds. The Morgan fingerprint density at radius 1 is 1.04 bits per heavy atom. The zero-order chi connectivity index (χ0) is 17.4. The van der Waals surface area contributed by atoms with Gasteiger partial charge in [-0.2, -0.15) is 0 Å². The van der Waals surface area contributed by atoms with Gasteiger partial charge < -0.3 is 14.8 Å². The largest absolute Gasteiger partial charge is 0.497 e. The standard InChI is InChI=1S/C20H25NO3/c1-15-6-8-17(9-7-15)5-4-14-21-20(22)16(2)24-19-12-10-18(23-3)11-13-19/h6-13,16H,4-5,14H2,1-3H3,(H,21,22). The molecule has 1 N–H and O–H groups in total. The first-order valence-electron chi connectivity index (χ1n) is 8.22. The third-order valence-corrected chi connectivity index (χ3v) is 3.80. The van der Waals surface area contributed by atoms with Crippen LogP contribution in [-0.2, 0) is 11.2 Å². The molecule has 0 spiro atoms. The van der Waals surface area contributed by atoms with Crippen molar-refractivity contribution in [2.75, 3.05) is 13.7 Å². The van der Waals surface area contributed by atoms with Crippen molar-refractivity contribution in [3.63, 3.8) is 0 Å². The molecule has 0 bridgehead atoms. The van der Waals surface area contributed by atoms with Gasteiger partial charge in [0.2, 0.25) is 0 Å². The second-order valence-electron chi connectivity index (χ2n) is 5.82. The maximum atomic E-state index is 12.1. The minimum Gasteiger partial charge on any atom is -0.497 e. The molecule has 128 valence electrons. The van der Waals surface area contributed by atoms with E-state index in [2.05, 4.69) is 36.5 Å². The fraction of sp³-hybridized carbons (Fsp3) is 0.350. The van der Waals surface area contributed by atoms with Gasteiger partial charge in [-0.1, -0.05) is 29.8 Å².